The van der Waals surface area contributed by atoms with E-state index in [4.69, 9.17) is 0 Å². The van der Waals surface area contributed by atoms with Gasteiger partial charge in [-0.1, -0.05) is 29.8 Å². The highest BCUT2D eigenvalue weighted by atomic mass is 15.0. The van der Waals surface area contributed by atoms with Gasteiger partial charge in [0.15, 0.2) is 0 Å². The lowest BCUT2D eigenvalue weighted by atomic mass is 10.1. The first-order valence-corrected chi connectivity index (χ1v) is 5.33. The van der Waals surface area contributed by atoms with Gasteiger partial charge in [0.25, 0.3) is 0 Å². The second kappa shape index (κ2) is 4.75. The molecule has 2 aromatic rings. The Morgan fingerprint density at radius 2 is 2.06 bits per heavy atom. The summed E-state index contributed by atoms with van der Waals surface area (Å²) in [6.45, 7) is 4.77. The van der Waals surface area contributed by atoms with Crippen LogP contribution in [-0.4, -0.2) is 9.97 Å². The second-order valence-corrected chi connectivity index (χ2v) is 3.83. The van der Waals surface area contributed by atoms with E-state index in [-0.39, 0.29) is 0 Å². The van der Waals surface area contributed by atoms with E-state index in [1.807, 2.05) is 13.0 Å². The van der Waals surface area contributed by atoms with Crippen LogP contribution in [0.25, 0.3) is 0 Å². The van der Waals surface area contributed by atoms with Crippen molar-refractivity contribution in [3.8, 4) is 0 Å². The molecule has 0 atom stereocenters. The summed E-state index contributed by atoms with van der Waals surface area (Å²) in [5.74, 6) is 1.66. The maximum Gasteiger partial charge on any atom is 0.129 e. The fourth-order valence-electron chi connectivity index (χ4n) is 1.57. The van der Waals surface area contributed by atoms with Crippen molar-refractivity contribution < 1.29 is 0 Å². The number of nitrogens with one attached hydrogen (secondary N) is 1. The van der Waals surface area contributed by atoms with E-state index >= 15 is 0 Å². The molecule has 0 saturated heterocycles. The van der Waals surface area contributed by atoms with E-state index in [0.29, 0.717) is 0 Å². The van der Waals surface area contributed by atoms with Crippen LogP contribution < -0.4 is 5.32 Å². The van der Waals surface area contributed by atoms with Crippen molar-refractivity contribution in [3.63, 3.8) is 0 Å². The second-order valence-electron chi connectivity index (χ2n) is 3.83. The number of aromatic nitrogens is 2. The van der Waals surface area contributed by atoms with E-state index in [9.17, 15) is 0 Å². The van der Waals surface area contributed by atoms with Gasteiger partial charge in [-0.05, 0) is 25.5 Å². The lowest BCUT2D eigenvalue weighted by molar-refractivity contribution is 1.02. The molecule has 0 radical (unpaired) electrons. The molecule has 3 nitrogen and oxygen atoms in total. The zero-order valence-electron chi connectivity index (χ0n) is 9.57. The Bertz CT molecular complexity index is 435. The molecule has 0 aliphatic carbocycles. The van der Waals surface area contributed by atoms with Gasteiger partial charge in [-0.3, -0.25) is 0 Å². The maximum atomic E-state index is 4.29. The molecule has 0 aliphatic heterocycles. The summed E-state index contributed by atoms with van der Waals surface area (Å²) in [5, 5.41) is 3.28. The molecule has 1 aromatic heterocycles. The Kier molecular flexibility index (Phi) is 3.15. The summed E-state index contributed by atoms with van der Waals surface area (Å²) in [6.07, 6.45) is 1.76. The highest BCUT2D eigenvalue weighted by Gasteiger charge is 1.96. The predicted octanol–water partition coefficient (Wildman–Crippen LogP) is 2.71. The molecule has 0 spiro atoms. The molecule has 16 heavy (non-hydrogen) atoms. The molecule has 0 unspecified atom stereocenters. The number of benzene rings is 1. The molecule has 2 rings (SSSR count). The van der Waals surface area contributed by atoms with Crippen LogP contribution in [0.2, 0.25) is 0 Å². The SMILES string of the molecule is Cc1cccc(CNc2ccnc(C)n2)c1. The summed E-state index contributed by atoms with van der Waals surface area (Å²) in [7, 11) is 0. The molecule has 0 aliphatic rings. The van der Waals surface area contributed by atoms with Crippen LogP contribution in [0.3, 0.4) is 0 Å². The molecule has 3 heteroatoms. The minimum absolute atomic E-state index is 0.786. The molecule has 1 heterocycles. The average Bonchev–Trinajstić information content (AvgIpc) is 2.27. The number of hydrogen-bond donors (Lipinski definition) is 1. The topological polar surface area (TPSA) is 37.8 Å². The van der Waals surface area contributed by atoms with Crippen LogP contribution in [0, 0.1) is 13.8 Å². The molecule has 0 saturated carbocycles. The van der Waals surface area contributed by atoms with E-state index in [0.717, 1.165) is 18.2 Å². The smallest absolute Gasteiger partial charge is 0.129 e. The van der Waals surface area contributed by atoms with Crippen LogP contribution in [-0.2, 0) is 6.54 Å². The van der Waals surface area contributed by atoms with Crippen molar-refractivity contribution in [2.24, 2.45) is 0 Å². The van der Waals surface area contributed by atoms with Crippen LogP contribution in [0.4, 0.5) is 5.82 Å². The van der Waals surface area contributed by atoms with E-state index in [1.54, 1.807) is 6.20 Å². The molecular weight excluding hydrogens is 198 g/mol. The lowest BCUT2D eigenvalue weighted by Gasteiger charge is -2.06. The summed E-state index contributed by atoms with van der Waals surface area (Å²) in [6, 6.07) is 10.3. The first-order chi connectivity index (χ1) is 7.74. The summed E-state index contributed by atoms with van der Waals surface area (Å²) >= 11 is 0. The maximum absolute atomic E-state index is 4.29. The standard InChI is InChI=1S/C13H15N3/c1-10-4-3-5-12(8-10)9-15-13-6-7-14-11(2)16-13/h3-8H,9H2,1-2H3,(H,14,15,16). The Labute approximate surface area is 95.6 Å². The Balaban J connectivity index is 2.02. The molecular formula is C13H15N3. The van der Waals surface area contributed by atoms with Crippen molar-refractivity contribution in [2.75, 3.05) is 5.32 Å². The number of hydrogen-bond acceptors (Lipinski definition) is 3. The van der Waals surface area contributed by atoms with Gasteiger partial charge in [0.05, 0.1) is 0 Å². The summed E-state index contributed by atoms with van der Waals surface area (Å²) < 4.78 is 0. The third-order valence-electron chi connectivity index (χ3n) is 2.33. The van der Waals surface area contributed by atoms with E-state index < -0.39 is 0 Å². The van der Waals surface area contributed by atoms with Crippen LogP contribution in [0.5, 0.6) is 0 Å². The summed E-state index contributed by atoms with van der Waals surface area (Å²) in [5.41, 5.74) is 2.54. The quantitative estimate of drug-likeness (QED) is 0.851. The molecule has 82 valence electrons. The first-order valence-electron chi connectivity index (χ1n) is 5.33. The number of nitrogens with zero attached hydrogens (tertiary/aromatic N) is 2. The van der Waals surface area contributed by atoms with Gasteiger partial charge >= 0.3 is 0 Å². The van der Waals surface area contributed by atoms with Gasteiger partial charge < -0.3 is 5.32 Å². The average molecular weight is 213 g/mol. The van der Waals surface area contributed by atoms with Crippen LogP contribution in [0.15, 0.2) is 36.5 Å². The molecule has 0 bridgehead atoms. The normalized spacial score (nSPS) is 10.1. The van der Waals surface area contributed by atoms with E-state index in [1.165, 1.54) is 11.1 Å². The number of anilines is 1. The van der Waals surface area contributed by atoms with Gasteiger partial charge in [0.2, 0.25) is 0 Å². The van der Waals surface area contributed by atoms with Gasteiger partial charge in [-0.15, -0.1) is 0 Å². The van der Waals surface area contributed by atoms with Gasteiger partial charge in [0.1, 0.15) is 11.6 Å². The third kappa shape index (κ3) is 2.79. The van der Waals surface area contributed by atoms with Crippen molar-refractivity contribution in [3.05, 3.63) is 53.5 Å². The zero-order chi connectivity index (χ0) is 11.4. The lowest BCUT2D eigenvalue weighted by Crippen LogP contribution is -2.02. The van der Waals surface area contributed by atoms with Crippen molar-refractivity contribution in [2.45, 2.75) is 20.4 Å². The van der Waals surface area contributed by atoms with Crippen molar-refractivity contribution in [1.82, 2.24) is 9.97 Å². The Morgan fingerprint density at radius 3 is 2.81 bits per heavy atom. The predicted molar refractivity (Wildman–Crippen MR) is 65.3 cm³/mol. The monoisotopic (exact) mass is 213 g/mol. The fourth-order valence-corrected chi connectivity index (χ4v) is 1.57. The molecule has 0 fully saturated rings. The van der Waals surface area contributed by atoms with E-state index in [2.05, 4.69) is 46.5 Å². The third-order valence-corrected chi connectivity index (χ3v) is 2.33. The summed E-state index contributed by atoms with van der Waals surface area (Å²) in [4.78, 5) is 8.35. The highest BCUT2D eigenvalue weighted by Crippen LogP contribution is 2.07. The van der Waals surface area contributed by atoms with Crippen LogP contribution in [0.1, 0.15) is 17.0 Å². The molecule has 1 N–H and O–H groups in total. The van der Waals surface area contributed by atoms with Gasteiger partial charge in [0, 0.05) is 12.7 Å². The fraction of sp³-hybridized carbons (Fsp3) is 0.231. The van der Waals surface area contributed by atoms with Gasteiger partial charge in [-0.2, -0.15) is 0 Å². The number of aryl methyl sites for hydroxylation is 2. The Morgan fingerprint density at radius 1 is 1.19 bits per heavy atom. The van der Waals surface area contributed by atoms with Crippen LogP contribution >= 0.6 is 0 Å². The highest BCUT2D eigenvalue weighted by molar-refractivity contribution is 5.35. The first kappa shape index (κ1) is 10.6. The molecule has 1 aromatic carbocycles. The Hall–Kier alpha value is -1.90. The zero-order valence-corrected chi connectivity index (χ0v) is 9.57. The molecule has 0 amide bonds. The largest absolute Gasteiger partial charge is 0.366 e. The minimum Gasteiger partial charge on any atom is -0.366 e. The number of rotatable bonds is 3. The van der Waals surface area contributed by atoms with Crippen molar-refractivity contribution in [1.29, 1.82) is 0 Å². The van der Waals surface area contributed by atoms with Gasteiger partial charge in [-0.25, -0.2) is 9.97 Å². The minimum atomic E-state index is 0.786. The van der Waals surface area contributed by atoms with Crippen molar-refractivity contribution >= 4 is 5.82 Å².